The van der Waals surface area contributed by atoms with Crippen LogP contribution in [-0.4, -0.2) is 53.4 Å². The second-order valence-corrected chi connectivity index (χ2v) is 7.26. The summed E-state index contributed by atoms with van der Waals surface area (Å²) in [5, 5.41) is 20.6. The average molecular weight is 351 g/mol. The summed E-state index contributed by atoms with van der Waals surface area (Å²) in [7, 11) is -0.446. The molecular formula is C17H26BNO6. The second-order valence-electron chi connectivity index (χ2n) is 7.26. The minimum atomic E-state index is -1.20. The van der Waals surface area contributed by atoms with Crippen LogP contribution in [-0.2, 0) is 9.31 Å². The number of hydrogen-bond acceptors (Lipinski definition) is 5. The lowest BCUT2D eigenvalue weighted by atomic mass is 9.79. The molecule has 0 bridgehead atoms. The molecule has 8 heteroatoms. The van der Waals surface area contributed by atoms with E-state index in [0.717, 1.165) is 5.46 Å². The fraction of sp³-hybridized carbons (Fsp3) is 0.588. The van der Waals surface area contributed by atoms with Gasteiger partial charge in [0.15, 0.2) is 0 Å². The van der Waals surface area contributed by atoms with Gasteiger partial charge in [-0.3, -0.25) is 0 Å². The monoisotopic (exact) mass is 351 g/mol. The van der Waals surface area contributed by atoms with E-state index < -0.39 is 36.6 Å². The van der Waals surface area contributed by atoms with Crippen LogP contribution in [0.2, 0.25) is 0 Å². The van der Waals surface area contributed by atoms with E-state index in [0.29, 0.717) is 5.75 Å². The Balaban J connectivity index is 1.97. The molecule has 1 aromatic carbocycles. The lowest BCUT2D eigenvalue weighted by Crippen LogP contribution is -2.45. The standard InChI is InChI=1S/C17H26BNO6/c1-11(20)14(19-15(21)22)10-23-13-8-6-12(7-9-13)18-24-16(2,3)17(4,5)25-18/h6-9,11,14,19-20H,10H2,1-5H3,(H,21,22)/t11-,14-/m1/s1. The van der Waals surface area contributed by atoms with Crippen molar-refractivity contribution < 1.29 is 29.1 Å². The van der Waals surface area contributed by atoms with Gasteiger partial charge in [-0.05, 0) is 52.2 Å². The van der Waals surface area contributed by atoms with Crippen LogP contribution in [0.4, 0.5) is 4.79 Å². The molecule has 2 atom stereocenters. The Bertz CT molecular complexity index is 586. The van der Waals surface area contributed by atoms with Gasteiger partial charge in [-0.1, -0.05) is 12.1 Å². The van der Waals surface area contributed by atoms with Crippen molar-refractivity contribution in [1.82, 2.24) is 5.32 Å². The molecule has 7 nitrogen and oxygen atoms in total. The van der Waals surface area contributed by atoms with E-state index in [1.54, 1.807) is 12.1 Å². The highest BCUT2D eigenvalue weighted by Crippen LogP contribution is 2.36. The van der Waals surface area contributed by atoms with E-state index in [9.17, 15) is 9.90 Å². The Hall–Kier alpha value is -1.77. The third-order valence-electron chi connectivity index (χ3n) is 4.73. The van der Waals surface area contributed by atoms with Gasteiger partial charge in [0.25, 0.3) is 0 Å². The molecule has 0 aromatic heterocycles. The van der Waals surface area contributed by atoms with E-state index in [-0.39, 0.29) is 6.61 Å². The second kappa shape index (κ2) is 7.23. The average Bonchev–Trinajstić information content (AvgIpc) is 2.72. The van der Waals surface area contributed by atoms with Crippen molar-refractivity contribution in [2.75, 3.05) is 6.61 Å². The minimum Gasteiger partial charge on any atom is -0.491 e. The molecule has 25 heavy (non-hydrogen) atoms. The summed E-state index contributed by atoms with van der Waals surface area (Å²) in [6, 6.07) is 6.51. The van der Waals surface area contributed by atoms with Crippen molar-refractivity contribution >= 4 is 18.7 Å². The van der Waals surface area contributed by atoms with Crippen molar-refractivity contribution in [1.29, 1.82) is 0 Å². The first kappa shape index (κ1) is 19.6. The number of rotatable bonds is 6. The van der Waals surface area contributed by atoms with Crippen molar-refractivity contribution in [3.63, 3.8) is 0 Å². The zero-order valence-corrected chi connectivity index (χ0v) is 15.3. The maximum Gasteiger partial charge on any atom is 0.494 e. The maximum absolute atomic E-state index is 10.7. The Morgan fingerprint density at radius 2 is 1.72 bits per heavy atom. The van der Waals surface area contributed by atoms with Crippen molar-refractivity contribution in [2.24, 2.45) is 0 Å². The fourth-order valence-corrected chi connectivity index (χ4v) is 2.35. The van der Waals surface area contributed by atoms with E-state index in [1.807, 2.05) is 39.8 Å². The molecule has 0 aliphatic carbocycles. The molecule has 1 saturated heterocycles. The number of aliphatic hydroxyl groups excluding tert-OH is 1. The SMILES string of the molecule is C[C@@H](O)[C@@H](COc1ccc(B2OC(C)(C)C(C)(C)O2)cc1)NC(=O)O. The van der Waals surface area contributed by atoms with Gasteiger partial charge in [-0.25, -0.2) is 4.79 Å². The molecule has 1 aromatic rings. The third kappa shape index (κ3) is 4.65. The van der Waals surface area contributed by atoms with Gasteiger partial charge in [-0.2, -0.15) is 0 Å². The summed E-state index contributed by atoms with van der Waals surface area (Å²) < 4.78 is 17.5. The predicted molar refractivity (Wildman–Crippen MR) is 94.3 cm³/mol. The first-order valence-electron chi connectivity index (χ1n) is 8.28. The highest BCUT2D eigenvalue weighted by molar-refractivity contribution is 6.62. The summed E-state index contributed by atoms with van der Waals surface area (Å²) in [6.07, 6.45) is -2.06. The smallest absolute Gasteiger partial charge is 0.491 e. The summed E-state index contributed by atoms with van der Waals surface area (Å²) in [5.74, 6) is 0.568. The first-order chi connectivity index (χ1) is 11.5. The molecule has 3 N–H and O–H groups in total. The maximum atomic E-state index is 10.7. The van der Waals surface area contributed by atoms with Crippen LogP contribution >= 0.6 is 0 Å². The molecule has 1 amide bonds. The van der Waals surface area contributed by atoms with Crippen molar-refractivity contribution in [2.45, 2.75) is 58.0 Å². The summed E-state index contributed by atoms with van der Waals surface area (Å²) in [5.41, 5.74) is 0.0707. The van der Waals surface area contributed by atoms with Crippen molar-refractivity contribution in [3.8, 4) is 5.75 Å². The van der Waals surface area contributed by atoms with Crippen LogP contribution in [0, 0.1) is 0 Å². The van der Waals surface area contributed by atoms with Crippen LogP contribution in [0.1, 0.15) is 34.6 Å². The quantitative estimate of drug-likeness (QED) is 0.670. The van der Waals surface area contributed by atoms with E-state index in [2.05, 4.69) is 5.32 Å². The molecule has 138 valence electrons. The van der Waals surface area contributed by atoms with Gasteiger partial charge >= 0.3 is 13.2 Å². The highest BCUT2D eigenvalue weighted by Gasteiger charge is 2.51. The Morgan fingerprint density at radius 1 is 1.20 bits per heavy atom. The highest BCUT2D eigenvalue weighted by atomic mass is 16.7. The number of benzene rings is 1. The minimum absolute atomic E-state index is 0.0276. The van der Waals surface area contributed by atoms with Crippen LogP contribution in [0.15, 0.2) is 24.3 Å². The van der Waals surface area contributed by atoms with Crippen LogP contribution in [0.25, 0.3) is 0 Å². The molecule has 0 saturated carbocycles. The fourth-order valence-electron chi connectivity index (χ4n) is 2.35. The molecule has 0 unspecified atom stereocenters. The van der Waals surface area contributed by atoms with E-state index >= 15 is 0 Å². The third-order valence-corrected chi connectivity index (χ3v) is 4.73. The largest absolute Gasteiger partial charge is 0.494 e. The van der Waals surface area contributed by atoms with Gasteiger partial charge in [0.05, 0.1) is 23.3 Å². The normalized spacial score (nSPS) is 20.8. The first-order valence-corrected chi connectivity index (χ1v) is 8.28. The number of carboxylic acid groups (broad SMARTS) is 1. The van der Waals surface area contributed by atoms with Gasteiger partial charge in [-0.15, -0.1) is 0 Å². The number of amides is 1. The Morgan fingerprint density at radius 3 is 2.16 bits per heavy atom. The molecule has 1 fully saturated rings. The molecule has 0 spiro atoms. The summed E-state index contributed by atoms with van der Waals surface area (Å²) in [6.45, 7) is 9.52. The number of nitrogens with one attached hydrogen (secondary N) is 1. The number of carbonyl (C=O) groups is 1. The van der Waals surface area contributed by atoms with Crippen LogP contribution in [0.5, 0.6) is 5.75 Å². The van der Waals surface area contributed by atoms with E-state index in [1.165, 1.54) is 6.92 Å². The molecule has 2 rings (SSSR count). The van der Waals surface area contributed by atoms with Crippen LogP contribution < -0.4 is 15.5 Å². The van der Waals surface area contributed by atoms with Gasteiger partial charge < -0.3 is 29.6 Å². The Labute approximate surface area is 148 Å². The number of hydrogen-bond donors (Lipinski definition) is 3. The lowest BCUT2D eigenvalue weighted by Gasteiger charge is -2.32. The zero-order valence-electron chi connectivity index (χ0n) is 15.3. The molecule has 1 aliphatic rings. The van der Waals surface area contributed by atoms with Crippen molar-refractivity contribution in [3.05, 3.63) is 24.3 Å². The molecule has 1 heterocycles. The topological polar surface area (TPSA) is 97.3 Å². The van der Waals surface area contributed by atoms with Gasteiger partial charge in [0.1, 0.15) is 12.4 Å². The summed E-state index contributed by atoms with van der Waals surface area (Å²) >= 11 is 0. The van der Waals surface area contributed by atoms with Crippen LogP contribution in [0.3, 0.4) is 0 Å². The summed E-state index contributed by atoms with van der Waals surface area (Å²) in [4.78, 5) is 10.7. The van der Waals surface area contributed by atoms with Gasteiger partial charge in [0, 0.05) is 0 Å². The zero-order chi connectivity index (χ0) is 18.8. The molecule has 1 aliphatic heterocycles. The van der Waals surface area contributed by atoms with E-state index in [4.69, 9.17) is 19.2 Å². The molecule has 0 radical (unpaired) electrons. The van der Waals surface area contributed by atoms with Gasteiger partial charge in [0.2, 0.25) is 0 Å². The molecular weight excluding hydrogens is 325 g/mol. The number of aliphatic hydroxyl groups is 1. The predicted octanol–water partition coefficient (Wildman–Crippen LogP) is 1.38. The number of ether oxygens (including phenoxy) is 1. The Kier molecular flexibility index (Phi) is 5.66. The lowest BCUT2D eigenvalue weighted by molar-refractivity contribution is 0.00578.